The Labute approximate surface area is 126 Å². The highest BCUT2D eigenvalue weighted by Crippen LogP contribution is 2.25. The molecule has 2 aromatic rings. The summed E-state index contributed by atoms with van der Waals surface area (Å²) in [5.41, 5.74) is 6.44. The molecule has 0 saturated heterocycles. The number of hydrogen-bond acceptors (Lipinski definition) is 5. The van der Waals surface area contributed by atoms with E-state index in [2.05, 4.69) is 10.3 Å². The van der Waals surface area contributed by atoms with Crippen molar-refractivity contribution in [1.82, 2.24) is 4.98 Å². The van der Waals surface area contributed by atoms with Crippen molar-refractivity contribution >= 4 is 23.3 Å². The largest absolute Gasteiger partial charge is 0.504 e. The minimum absolute atomic E-state index is 0.209. The van der Waals surface area contributed by atoms with Crippen LogP contribution in [0.4, 0.5) is 5.82 Å². The standard InChI is InChI=1S/C14H14ClN3O3/c15-9-3-4-17-13(7-9)18-14(21)10(16)5-8-1-2-11(19)12(20)6-8/h1-4,6-7,10,19-20H,5,16H2,(H,17,18,21)/t10-/m0/s1. The monoisotopic (exact) mass is 307 g/mol. The molecule has 1 aromatic heterocycles. The highest BCUT2D eigenvalue weighted by Gasteiger charge is 2.15. The lowest BCUT2D eigenvalue weighted by Crippen LogP contribution is -2.37. The number of nitrogens with zero attached hydrogens (tertiary/aromatic N) is 1. The van der Waals surface area contributed by atoms with E-state index in [1.54, 1.807) is 12.1 Å². The average Bonchev–Trinajstić information content (AvgIpc) is 2.43. The molecule has 1 atom stereocenters. The Morgan fingerprint density at radius 1 is 1.29 bits per heavy atom. The SMILES string of the molecule is N[C@@H](Cc1ccc(O)c(O)c1)C(=O)Nc1cc(Cl)ccn1. The van der Waals surface area contributed by atoms with Crippen LogP contribution in [0, 0.1) is 0 Å². The first-order chi connectivity index (χ1) is 9.95. The molecule has 6 nitrogen and oxygen atoms in total. The zero-order chi connectivity index (χ0) is 15.4. The van der Waals surface area contributed by atoms with Gasteiger partial charge in [0.25, 0.3) is 0 Å². The summed E-state index contributed by atoms with van der Waals surface area (Å²) < 4.78 is 0. The summed E-state index contributed by atoms with van der Waals surface area (Å²) in [5.74, 6) is -0.578. The molecule has 0 saturated carbocycles. The second-order valence-corrected chi connectivity index (χ2v) is 4.92. The van der Waals surface area contributed by atoms with Gasteiger partial charge in [-0.05, 0) is 36.2 Å². The molecule has 0 fully saturated rings. The van der Waals surface area contributed by atoms with Crippen molar-refractivity contribution in [2.75, 3.05) is 5.32 Å². The first kappa shape index (κ1) is 15.1. The highest BCUT2D eigenvalue weighted by molar-refractivity contribution is 6.30. The molecule has 2 rings (SSSR count). The van der Waals surface area contributed by atoms with Gasteiger partial charge in [0.15, 0.2) is 11.5 Å². The van der Waals surface area contributed by atoms with Crippen LogP contribution in [0.15, 0.2) is 36.5 Å². The summed E-state index contributed by atoms with van der Waals surface area (Å²) in [7, 11) is 0. The molecule has 0 aliphatic rings. The molecule has 0 bridgehead atoms. The Kier molecular flexibility index (Phi) is 4.62. The number of halogens is 1. The van der Waals surface area contributed by atoms with E-state index in [1.165, 1.54) is 24.4 Å². The Hall–Kier alpha value is -2.31. The fourth-order valence-corrected chi connectivity index (χ4v) is 1.89. The third-order valence-electron chi connectivity index (χ3n) is 2.81. The van der Waals surface area contributed by atoms with Gasteiger partial charge in [0, 0.05) is 11.2 Å². The lowest BCUT2D eigenvalue weighted by atomic mass is 10.1. The van der Waals surface area contributed by atoms with Crippen LogP contribution in [-0.2, 0) is 11.2 Å². The molecule has 0 spiro atoms. The van der Waals surface area contributed by atoms with Crippen LogP contribution in [0.3, 0.4) is 0 Å². The van der Waals surface area contributed by atoms with Gasteiger partial charge in [0.2, 0.25) is 5.91 Å². The molecule has 1 aromatic carbocycles. The summed E-state index contributed by atoms with van der Waals surface area (Å²) >= 11 is 5.80. The number of hydrogen-bond donors (Lipinski definition) is 4. The molecular weight excluding hydrogens is 294 g/mol. The highest BCUT2D eigenvalue weighted by atomic mass is 35.5. The van der Waals surface area contributed by atoms with Crippen LogP contribution >= 0.6 is 11.6 Å². The van der Waals surface area contributed by atoms with Gasteiger partial charge in [0.1, 0.15) is 5.82 Å². The van der Waals surface area contributed by atoms with Gasteiger partial charge in [-0.15, -0.1) is 0 Å². The summed E-state index contributed by atoms with van der Waals surface area (Å²) in [6.07, 6.45) is 1.68. The van der Waals surface area contributed by atoms with Gasteiger partial charge in [-0.25, -0.2) is 4.98 Å². The van der Waals surface area contributed by atoms with E-state index in [4.69, 9.17) is 17.3 Å². The van der Waals surface area contributed by atoms with Crippen LogP contribution in [0.25, 0.3) is 0 Å². The minimum atomic E-state index is -0.824. The number of benzene rings is 1. The van der Waals surface area contributed by atoms with Gasteiger partial charge < -0.3 is 21.3 Å². The van der Waals surface area contributed by atoms with Crippen molar-refractivity contribution in [1.29, 1.82) is 0 Å². The van der Waals surface area contributed by atoms with Crippen LogP contribution in [-0.4, -0.2) is 27.1 Å². The first-order valence-electron chi connectivity index (χ1n) is 6.14. The zero-order valence-corrected chi connectivity index (χ0v) is 11.7. The van der Waals surface area contributed by atoms with E-state index in [9.17, 15) is 15.0 Å². The third kappa shape index (κ3) is 4.08. The van der Waals surface area contributed by atoms with E-state index in [-0.39, 0.29) is 17.9 Å². The molecule has 1 heterocycles. The van der Waals surface area contributed by atoms with Crippen LogP contribution in [0.2, 0.25) is 5.02 Å². The van der Waals surface area contributed by atoms with Gasteiger partial charge in [-0.3, -0.25) is 4.79 Å². The number of phenols is 2. The molecule has 21 heavy (non-hydrogen) atoms. The van der Waals surface area contributed by atoms with Crippen molar-refractivity contribution < 1.29 is 15.0 Å². The van der Waals surface area contributed by atoms with E-state index in [1.807, 2.05) is 0 Å². The second-order valence-electron chi connectivity index (χ2n) is 4.48. The fraction of sp³-hybridized carbons (Fsp3) is 0.143. The molecular formula is C14H14ClN3O3. The predicted octanol–water partition coefficient (Wildman–Crippen LogP) is 1.65. The summed E-state index contributed by atoms with van der Waals surface area (Å²) in [5, 5.41) is 21.6. The lowest BCUT2D eigenvalue weighted by Gasteiger charge is -2.12. The third-order valence-corrected chi connectivity index (χ3v) is 3.04. The topological polar surface area (TPSA) is 108 Å². The maximum Gasteiger partial charge on any atom is 0.242 e. The number of aromatic hydroxyl groups is 2. The van der Waals surface area contributed by atoms with Crippen LogP contribution in [0.5, 0.6) is 11.5 Å². The number of carbonyl (C=O) groups is 1. The van der Waals surface area contributed by atoms with Crippen molar-refractivity contribution in [3.8, 4) is 11.5 Å². The Morgan fingerprint density at radius 3 is 2.71 bits per heavy atom. The maximum absolute atomic E-state index is 11.9. The zero-order valence-electron chi connectivity index (χ0n) is 11.0. The second kappa shape index (κ2) is 6.43. The number of rotatable bonds is 4. The maximum atomic E-state index is 11.9. The molecule has 0 aliphatic heterocycles. The van der Waals surface area contributed by atoms with E-state index in [0.29, 0.717) is 16.4 Å². The Balaban J connectivity index is 2.00. The van der Waals surface area contributed by atoms with Gasteiger partial charge in [-0.2, -0.15) is 0 Å². The number of pyridine rings is 1. The molecule has 5 N–H and O–H groups in total. The number of aromatic nitrogens is 1. The Bertz CT molecular complexity index is 664. The first-order valence-corrected chi connectivity index (χ1v) is 6.52. The van der Waals surface area contributed by atoms with Crippen molar-refractivity contribution in [2.24, 2.45) is 5.73 Å². The number of phenolic OH excluding ortho intramolecular Hbond substituents is 2. The van der Waals surface area contributed by atoms with E-state index in [0.717, 1.165) is 0 Å². The number of amides is 1. The molecule has 0 aliphatic carbocycles. The number of nitrogens with one attached hydrogen (secondary N) is 1. The normalized spacial score (nSPS) is 11.9. The summed E-state index contributed by atoms with van der Waals surface area (Å²) in [6.45, 7) is 0. The van der Waals surface area contributed by atoms with Crippen molar-refractivity contribution in [3.63, 3.8) is 0 Å². The Morgan fingerprint density at radius 2 is 2.05 bits per heavy atom. The lowest BCUT2D eigenvalue weighted by molar-refractivity contribution is -0.117. The number of nitrogens with two attached hydrogens (primary N) is 1. The smallest absolute Gasteiger partial charge is 0.242 e. The van der Waals surface area contributed by atoms with E-state index >= 15 is 0 Å². The minimum Gasteiger partial charge on any atom is -0.504 e. The van der Waals surface area contributed by atoms with Crippen molar-refractivity contribution in [3.05, 3.63) is 47.1 Å². The fourth-order valence-electron chi connectivity index (χ4n) is 1.73. The van der Waals surface area contributed by atoms with Crippen LogP contribution < -0.4 is 11.1 Å². The molecule has 1 amide bonds. The predicted molar refractivity (Wildman–Crippen MR) is 79.3 cm³/mol. The molecule has 7 heteroatoms. The van der Waals surface area contributed by atoms with Gasteiger partial charge in [0.05, 0.1) is 6.04 Å². The summed E-state index contributed by atoms with van der Waals surface area (Å²) in [6, 6.07) is 6.57. The molecule has 0 unspecified atom stereocenters. The van der Waals surface area contributed by atoms with E-state index < -0.39 is 11.9 Å². The molecule has 0 radical (unpaired) electrons. The quantitative estimate of drug-likeness (QED) is 0.642. The molecule has 110 valence electrons. The van der Waals surface area contributed by atoms with Gasteiger partial charge in [-0.1, -0.05) is 17.7 Å². The number of carbonyl (C=O) groups excluding carboxylic acids is 1. The summed E-state index contributed by atoms with van der Waals surface area (Å²) in [4.78, 5) is 15.9. The van der Waals surface area contributed by atoms with Crippen molar-refractivity contribution in [2.45, 2.75) is 12.5 Å². The van der Waals surface area contributed by atoms with Gasteiger partial charge >= 0.3 is 0 Å². The van der Waals surface area contributed by atoms with Crippen LogP contribution in [0.1, 0.15) is 5.56 Å². The number of anilines is 1. The average molecular weight is 308 g/mol.